The number of aryl methyl sites for hydroxylation is 1. The second kappa shape index (κ2) is 7.47. The van der Waals surface area contributed by atoms with Gasteiger partial charge >= 0.3 is 6.03 Å². The number of likely N-dealkylation sites (N-methyl/N-ethyl adjacent to an activating group) is 1. The van der Waals surface area contributed by atoms with E-state index in [-0.39, 0.29) is 18.0 Å². The molecule has 1 saturated heterocycles. The zero-order chi connectivity index (χ0) is 19.7. The van der Waals surface area contributed by atoms with Crippen molar-refractivity contribution in [1.82, 2.24) is 25.4 Å². The Kier molecular flexibility index (Phi) is 4.87. The number of fused-ring (bicyclic) bond motifs is 1. The Morgan fingerprint density at radius 2 is 2.14 bits per heavy atom. The highest BCUT2D eigenvalue weighted by atomic mass is 16.5. The van der Waals surface area contributed by atoms with E-state index in [0.29, 0.717) is 11.7 Å². The Labute approximate surface area is 163 Å². The Morgan fingerprint density at radius 3 is 2.93 bits per heavy atom. The van der Waals surface area contributed by atoms with E-state index in [1.807, 2.05) is 6.07 Å². The average Bonchev–Trinajstić information content (AvgIpc) is 3.24. The van der Waals surface area contributed by atoms with Crippen LogP contribution >= 0.6 is 0 Å². The number of carbonyl (C=O) groups is 1. The summed E-state index contributed by atoms with van der Waals surface area (Å²) < 4.78 is 5.16. The van der Waals surface area contributed by atoms with Gasteiger partial charge < -0.3 is 15.0 Å². The largest absolute Gasteiger partial charge is 0.479 e. The van der Waals surface area contributed by atoms with Crippen molar-refractivity contribution >= 4 is 22.8 Å². The first-order valence-electron chi connectivity index (χ1n) is 9.25. The summed E-state index contributed by atoms with van der Waals surface area (Å²) in [7, 11) is 3.63. The smallest absolute Gasteiger partial charge is 0.320 e. The van der Waals surface area contributed by atoms with E-state index < -0.39 is 0 Å². The second-order valence-corrected chi connectivity index (χ2v) is 7.24. The number of pyridine rings is 1. The fraction of sp³-hybridized carbons (Fsp3) is 0.350. The first-order chi connectivity index (χ1) is 13.5. The number of urea groups is 1. The fourth-order valence-electron chi connectivity index (χ4n) is 3.90. The van der Waals surface area contributed by atoms with Gasteiger partial charge in [-0.05, 0) is 25.1 Å². The van der Waals surface area contributed by atoms with Crippen LogP contribution in [0.1, 0.15) is 17.0 Å². The van der Waals surface area contributed by atoms with E-state index in [4.69, 9.17) is 4.74 Å². The van der Waals surface area contributed by atoms with Crippen LogP contribution in [0.15, 0.2) is 36.5 Å². The van der Waals surface area contributed by atoms with Gasteiger partial charge in [0.2, 0.25) is 5.88 Å². The van der Waals surface area contributed by atoms with E-state index in [1.54, 1.807) is 19.4 Å². The summed E-state index contributed by atoms with van der Waals surface area (Å²) in [4.78, 5) is 19.1. The zero-order valence-electron chi connectivity index (χ0n) is 16.2. The van der Waals surface area contributed by atoms with Crippen LogP contribution in [-0.2, 0) is 0 Å². The van der Waals surface area contributed by atoms with Crippen molar-refractivity contribution in [3.05, 3.63) is 47.7 Å². The molecule has 146 valence electrons. The number of likely N-dealkylation sites (tertiary alicyclic amines) is 1. The number of ether oxygens (including phenoxy) is 1. The molecule has 2 amide bonds. The molecule has 1 aliphatic rings. The molecule has 4 rings (SSSR count). The van der Waals surface area contributed by atoms with Crippen molar-refractivity contribution < 1.29 is 9.53 Å². The molecule has 0 spiro atoms. The van der Waals surface area contributed by atoms with E-state index in [1.165, 1.54) is 11.1 Å². The molecule has 3 aromatic rings. The van der Waals surface area contributed by atoms with Gasteiger partial charge in [0.1, 0.15) is 5.82 Å². The summed E-state index contributed by atoms with van der Waals surface area (Å²) in [5, 5.41) is 13.6. The molecule has 0 bridgehead atoms. The number of benzene rings is 1. The van der Waals surface area contributed by atoms with Crippen LogP contribution in [0.5, 0.6) is 5.88 Å². The predicted molar refractivity (Wildman–Crippen MR) is 108 cm³/mol. The molecule has 3 heterocycles. The van der Waals surface area contributed by atoms with E-state index in [0.717, 1.165) is 24.0 Å². The second-order valence-electron chi connectivity index (χ2n) is 7.24. The molecule has 8 heteroatoms. The van der Waals surface area contributed by atoms with Crippen molar-refractivity contribution in [2.45, 2.75) is 18.9 Å². The molecule has 0 unspecified atom stereocenters. The van der Waals surface area contributed by atoms with E-state index in [9.17, 15) is 4.79 Å². The number of anilines is 1. The van der Waals surface area contributed by atoms with Crippen LogP contribution < -0.4 is 15.4 Å². The monoisotopic (exact) mass is 380 g/mol. The number of nitrogens with one attached hydrogen (secondary N) is 3. The molecule has 0 radical (unpaired) electrons. The average molecular weight is 380 g/mol. The molecule has 8 nitrogen and oxygen atoms in total. The van der Waals surface area contributed by atoms with Crippen LogP contribution in [0.4, 0.5) is 10.6 Å². The SMILES string of the molecule is COc1n[nH]c2cc(NC(=O)N[C@@H]3CN(C)C[C@H]3c3ccccc3C)ncc12. The summed E-state index contributed by atoms with van der Waals surface area (Å²) in [6, 6.07) is 9.85. The van der Waals surface area contributed by atoms with Crippen LogP contribution in [0.3, 0.4) is 0 Å². The lowest BCUT2D eigenvalue weighted by Crippen LogP contribution is -2.42. The van der Waals surface area contributed by atoms with Crippen molar-refractivity contribution in [3.8, 4) is 5.88 Å². The van der Waals surface area contributed by atoms with Gasteiger partial charge in [0.25, 0.3) is 0 Å². The number of aromatic amines is 1. The first-order valence-corrected chi connectivity index (χ1v) is 9.25. The molecule has 1 aromatic carbocycles. The van der Waals surface area contributed by atoms with Crippen LogP contribution in [0.2, 0.25) is 0 Å². The van der Waals surface area contributed by atoms with E-state index in [2.05, 4.69) is 62.9 Å². The highest BCUT2D eigenvalue weighted by Gasteiger charge is 2.33. The lowest BCUT2D eigenvalue weighted by Gasteiger charge is -2.22. The minimum absolute atomic E-state index is 0.0297. The van der Waals surface area contributed by atoms with Crippen molar-refractivity contribution in [3.63, 3.8) is 0 Å². The van der Waals surface area contributed by atoms with Gasteiger partial charge in [-0.25, -0.2) is 9.78 Å². The van der Waals surface area contributed by atoms with Gasteiger partial charge in [0.05, 0.1) is 24.1 Å². The van der Waals surface area contributed by atoms with Crippen LogP contribution in [0, 0.1) is 6.92 Å². The van der Waals surface area contributed by atoms with Gasteiger partial charge in [0, 0.05) is 31.3 Å². The Morgan fingerprint density at radius 1 is 1.32 bits per heavy atom. The van der Waals surface area contributed by atoms with Crippen molar-refractivity contribution in [1.29, 1.82) is 0 Å². The van der Waals surface area contributed by atoms with Crippen molar-refractivity contribution in [2.75, 3.05) is 32.6 Å². The maximum absolute atomic E-state index is 12.6. The standard InChI is InChI=1S/C20H24N6O2/c1-12-6-4-5-7-13(12)15-10-26(2)11-17(15)22-20(27)23-18-8-16-14(9-21-18)19(28-3)25-24-16/h4-9,15,17H,10-11H2,1-3H3,(H,24,25)(H2,21,22,23,27)/t15-,17+/m0/s1. The number of methoxy groups -OCH3 is 1. The number of carbonyl (C=O) groups excluding carboxylic acids is 1. The van der Waals surface area contributed by atoms with Gasteiger partial charge in [-0.15, -0.1) is 5.10 Å². The number of aromatic nitrogens is 3. The normalized spacial score (nSPS) is 19.7. The number of rotatable bonds is 4. The topological polar surface area (TPSA) is 95.2 Å². The third-order valence-electron chi connectivity index (χ3n) is 5.25. The highest BCUT2D eigenvalue weighted by molar-refractivity contribution is 5.92. The number of nitrogens with zero attached hydrogens (tertiary/aromatic N) is 3. The molecule has 2 aromatic heterocycles. The minimum atomic E-state index is -0.266. The number of hydrogen-bond donors (Lipinski definition) is 3. The molecule has 0 aliphatic carbocycles. The summed E-state index contributed by atoms with van der Waals surface area (Å²) >= 11 is 0. The third-order valence-corrected chi connectivity index (χ3v) is 5.25. The van der Waals surface area contributed by atoms with Gasteiger partial charge in [-0.3, -0.25) is 10.4 Å². The Bertz CT molecular complexity index is 1000. The molecule has 0 saturated carbocycles. The maximum Gasteiger partial charge on any atom is 0.320 e. The quantitative estimate of drug-likeness (QED) is 0.646. The third kappa shape index (κ3) is 3.50. The molecule has 2 atom stereocenters. The maximum atomic E-state index is 12.6. The van der Waals surface area contributed by atoms with Gasteiger partial charge in [-0.1, -0.05) is 24.3 Å². The van der Waals surface area contributed by atoms with E-state index >= 15 is 0 Å². The molecule has 1 fully saturated rings. The van der Waals surface area contributed by atoms with Gasteiger partial charge in [0.15, 0.2) is 0 Å². The molecule has 3 N–H and O–H groups in total. The minimum Gasteiger partial charge on any atom is -0.479 e. The lowest BCUT2D eigenvalue weighted by atomic mass is 9.91. The Balaban J connectivity index is 1.47. The highest BCUT2D eigenvalue weighted by Crippen LogP contribution is 2.29. The van der Waals surface area contributed by atoms with Crippen molar-refractivity contribution in [2.24, 2.45) is 0 Å². The Hall–Kier alpha value is -3.13. The first kappa shape index (κ1) is 18.2. The summed E-state index contributed by atoms with van der Waals surface area (Å²) in [5.74, 6) is 1.19. The lowest BCUT2D eigenvalue weighted by molar-refractivity contribution is 0.247. The van der Waals surface area contributed by atoms with Crippen LogP contribution in [0.25, 0.3) is 10.9 Å². The fourth-order valence-corrected chi connectivity index (χ4v) is 3.90. The number of hydrogen-bond acceptors (Lipinski definition) is 5. The number of H-pyrrole nitrogens is 1. The molecular formula is C20H24N6O2. The predicted octanol–water partition coefficient (Wildman–Crippen LogP) is 2.49. The molecule has 28 heavy (non-hydrogen) atoms. The summed E-state index contributed by atoms with van der Waals surface area (Å²) in [6.07, 6.45) is 1.63. The number of amides is 2. The zero-order valence-corrected chi connectivity index (χ0v) is 16.2. The molecular weight excluding hydrogens is 356 g/mol. The molecule has 1 aliphatic heterocycles. The van der Waals surface area contributed by atoms with Gasteiger partial charge in [-0.2, -0.15) is 0 Å². The summed E-state index contributed by atoms with van der Waals surface area (Å²) in [5.41, 5.74) is 3.28. The summed E-state index contributed by atoms with van der Waals surface area (Å²) in [6.45, 7) is 3.83. The van der Waals surface area contributed by atoms with Crippen LogP contribution in [-0.4, -0.2) is 59.4 Å².